The van der Waals surface area contributed by atoms with E-state index in [9.17, 15) is 9.59 Å². The molecule has 0 aliphatic heterocycles. The van der Waals surface area contributed by atoms with E-state index in [4.69, 9.17) is 21.9 Å². The molecule has 2 aromatic carbocycles. The molecular formula is C20H16ClN3O3. The molecular weight excluding hydrogens is 366 g/mol. The van der Waals surface area contributed by atoms with Crippen molar-refractivity contribution in [1.29, 1.82) is 0 Å². The topological polar surface area (TPSA) is 98.2 Å². The van der Waals surface area contributed by atoms with Crippen molar-refractivity contribution in [2.24, 2.45) is 5.73 Å². The quantitative estimate of drug-likeness (QED) is 0.702. The number of carbonyl (C=O) groups is 2. The summed E-state index contributed by atoms with van der Waals surface area (Å²) >= 11 is 5.91. The van der Waals surface area contributed by atoms with Crippen LogP contribution in [0.25, 0.3) is 11.3 Å². The Bertz CT molecular complexity index is 1010. The number of carbonyl (C=O) groups excluding carboxylic acids is 2. The number of nitrogens with one attached hydrogen (secondary N) is 1. The lowest BCUT2D eigenvalue weighted by Crippen LogP contribution is -2.28. The van der Waals surface area contributed by atoms with Gasteiger partial charge in [-0.15, -0.1) is 0 Å². The minimum Gasteiger partial charge on any atom is -0.366 e. The van der Waals surface area contributed by atoms with Crippen LogP contribution < -0.4 is 11.1 Å². The summed E-state index contributed by atoms with van der Waals surface area (Å²) in [6, 6.07) is 15.5. The molecule has 1 aliphatic carbocycles. The minimum absolute atomic E-state index is 0.148. The van der Waals surface area contributed by atoms with Gasteiger partial charge in [-0.05, 0) is 61.4 Å². The van der Waals surface area contributed by atoms with Gasteiger partial charge in [-0.25, -0.2) is 0 Å². The van der Waals surface area contributed by atoms with Gasteiger partial charge in [0.1, 0.15) is 0 Å². The van der Waals surface area contributed by atoms with Crippen LogP contribution in [0.2, 0.25) is 5.02 Å². The SMILES string of the molecule is NC(=O)c1ccc(NC(=O)C2(c3cc(-c4ccc(Cl)cc4)on3)CC2)cc1. The van der Waals surface area contributed by atoms with E-state index < -0.39 is 11.3 Å². The maximum absolute atomic E-state index is 12.8. The lowest BCUT2D eigenvalue weighted by atomic mass is 10.00. The second-order valence-electron chi connectivity index (χ2n) is 6.56. The predicted molar refractivity (Wildman–Crippen MR) is 101 cm³/mol. The zero-order valence-corrected chi connectivity index (χ0v) is 15.0. The van der Waals surface area contributed by atoms with Gasteiger partial charge in [0, 0.05) is 27.9 Å². The van der Waals surface area contributed by atoms with Gasteiger partial charge in [-0.1, -0.05) is 16.8 Å². The first kappa shape index (κ1) is 17.3. The summed E-state index contributed by atoms with van der Waals surface area (Å²) < 4.78 is 5.43. The highest BCUT2D eigenvalue weighted by Gasteiger charge is 2.53. The van der Waals surface area contributed by atoms with E-state index in [0.29, 0.717) is 40.6 Å². The Morgan fingerprint density at radius 3 is 2.33 bits per heavy atom. The molecule has 1 aromatic heterocycles. The van der Waals surface area contributed by atoms with E-state index in [0.717, 1.165) is 5.56 Å². The molecule has 0 spiro atoms. The van der Waals surface area contributed by atoms with Crippen LogP contribution in [0.3, 0.4) is 0 Å². The number of hydrogen-bond donors (Lipinski definition) is 2. The molecule has 1 fully saturated rings. The summed E-state index contributed by atoms with van der Waals surface area (Å²) in [7, 11) is 0. The van der Waals surface area contributed by atoms with Gasteiger partial charge in [0.2, 0.25) is 11.8 Å². The summed E-state index contributed by atoms with van der Waals surface area (Å²) in [5.41, 5.74) is 6.98. The van der Waals surface area contributed by atoms with Crippen molar-refractivity contribution in [2.45, 2.75) is 18.3 Å². The first-order chi connectivity index (χ1) is 13.0. The van der Waals surface area contributed by atoms with Crippen LogP contribution in [0.5, 0.6) is 0 Å². The van der Waals surface area contributed by atoms with Gasteiger partial charge in [-0.2, -0.15) is 0 Å². The van der Waals surface area contributed by atoms with E-state index in [-0.39, 0.29) is 5.91 Å². The summed E-state index contributed by atoms with van der Waals surface area (Å²) in [6.07, 6.45) is 1.40. The zero-order chi connectivity index (χ0) is 19.0. The highest BCUT2D eigenvalue weighted by Crippen LogP contribution is 2.49. The number of primary amides is 1. The first-order valence-corrected chi connectivity index (χ1v) is 8.80. The van der Waals surface area contributed by atoms with Crippen molar-refractivity contribution < 1.29 is 14.1 Å². The van der Waals surface area contributed by atoms with Crippen LogP contribution in [0.15, 0.2) is 59.1 Å². The number of amides is 2. The number of benzene rings is 2. The van der Waals surface area contributed by atoms with Crippen LogP contribution in [0.4, 0.5) is 5.69 Å². The highest BCUT2D eigenvalue weighted by molar-refractivity contribution is 6.30. The van der Waals surface area contributed by atoms with E-state index in [1.807, 2.05) is 12.1 Å². The van der Waals surface area contributed by atoms with Crippen LogP contribution in [0.1, 0.15) is 28.9 Å². The molecule has 0 saturated heterocycles. The van der Waals surface area contributed by atoms with Gasteiger partial charge in [0.05, 0.1) is 11.1 Å². The molecule has 3 aromatic rings. The first-order valence-electron chi connectivity index (χ1n) is 8.42. The van der Waals surface area contributed by atoms with Gasteiger partial charge in [0.15, 0.2) is 5.76 Å². The second kappa shape index (κ2) is 6.55. The van der Waals surface area contributed by atoms with Crippen molar-refractivity contribution >= 4 is 29.1 Å². The fourth-order valence-corrected chi connectivity index (χ4v) is 3.07. The van der Waals surface area contributed by atoms with Crippen molar-refractivity contribution in [3.05, 3.63) is 70.9 Å². The number of nitrogens with two attached hydrogens (primary N) is 1. The summed E-state index contributed by atoms with van der Waals surface area (Å²) in [5.74, 6) is -0.0688. The Morgan fingerprint density at radius 2 is 1.74 bits per heavy atom. The van der Waals surface area contributed by atoms with Crippen molar-refractivity contribution in [1.82, 2.24) is 5.16 Å². The Kier molecular flexibility index (Phi) is 4.20. The van der Waals surface area contributed by atoms with Crippen molar-refractivity contribution in [3.8, 4) is 11.3 Å². The lowest BCUT2D eigenvalue weighted by Gasteiger charge is -2.12. The van der Waals surface area contributed by atoms with Crippen LogP contribution in [-0.2, 0) is 10.2 Å². The third-order valence-corrected chi connectivity index (χ3v) is 4.99. The molecule has 27 heavy (non-hydrogen) atoms. The average Bonchev–Trinajstić information content (AvgIpc) is 3.33. The van der Waals surface area contributed by atoms with Gasteiger partial charge >= 0.3 is 0 Å². The summed E-state index contributed by atoms with van der Waals surface area (Å²) in [4.78, 5) is 23.9. The molecule has 1 heterocycles. The van der Waals surface area contributed by atoms with E-state index in [1.54, 1.807) is 42.5 Å². The molecule has 0 atom stereocenters. The van der Waals surface area contributed by atoms with Crippen molar-refractivity contribution in [3.63, 3.8) is 0 Å². The Morgan fingerprint density at radius 1 is 1.07 bits per heavy atom. The number of anilines is 1. The molecule has 6 nitrogen and oxygen atoms in total. The number of aromatic nitrogens is 1. The number of rotatable bonds is 5. The maximum Gasteiger partial charge on any atom is 0.248 e. The lowest BCUT2D eigenvalue weighted by molar-refractivity contribution is -0.118. The van der Waals surface area contributed by atoms with Gasteiger partial charge in [-0.3, -0.25) is 9.59 Å². The molecule has 7 heteroatoms. The standard InChI is InChI=1S/C20H16ClN3O3/c21-14-5-1-12(2-6-14)16-11-17(24-27-16)20(9-10-20)19(26)23-15-7-3-13(4-8-15)18(22)25/h1-8,11H,9-10H2,(H2,22,25)(H,23,26). The monoisotopic (exact) mass is 381 g/mol. The molecule has 0 unspecified atom stereocenters. The normalized spacial score (nSPS) is 14.6. The molecule has 136 valence electrons. The number of hydrogen-bond acceptors (Lipinski definition) is 4. The highest BCUT2D eigenvalue weighted by atomic mass is 35.5. The van der Waals surface area contributed by atoms with E-state index >= 15 is 0 Å². The molecule has 4 rings (SSSR count). The minimum atomic E-state index is -0.684. The Hall–Kier alpha value is -3.12. The van der Waals surface area contributed by atoms with Crippen LogP contribution >= 0.6 is 11.6 Å². The third-order valence-electron chi connectivity index (χ3n) is 4.74. The second-order valence-corrected chi connectivity index (χ2v) is 7.00. The molecule has 0 bridgehead atoms. The molecule has 1 saturated carbocycles. The Labute approximate surface area is 160 Å². The fraction of sp³-hybridized carbons (Fsp3) is 0.150. The van der Waals surface area contributed by atoms with Gasteiger partial charge < -0.3 is 15.6 Å². The number of nitrogens with zero attached hydrogens (tertiary/aromatic N) is 1. The fourth-order valence-electron chi connectivity index (χ4n) is 2.94. The van der Waals surface area contributed by atoms with Gasteiger partial charge in [0.25, 0.3) is 0 Å². The molecule has 1 aliphatic rings. The smallest absolute Gasteiger partial charge is 0.248 e. The molecule has 3 N–H and O–H groups in total. The van der Waals surface area contributed by atoms with Crippen LogP contribution in [0, 0.1) is 0 Å². The third kappa shape index (κ3) is 3.31. The Balaban J connectivity index is 1.52. The number of halogens is 1. The maximum atomic E-state index is 12.8. The predicted octanol–water partition coefficient (Wildman–Crippen LogP) is 3.76. The summed E-state index contributed by atoms with van der Waals surface area (Å²) in [5, 5.41) is 7.63. The molecule has 0 radical (unpaired) electrons. The van der Waals surface area contributed by atoms with E-state index in [2.05, 4.69) is 10.5 Å². The average molecular weight is 382 g/mol. The molecule has 2 amide bonds. The van der Waals surface area contributed by atoms with E-state index in [1.165, 1.54) is 0 Å². The largest absolute Gasteiger partial charge is 0.366 e. The van der Waals surface area contributed by atoms with Crippen molar-refractivity contribution in [2.75, 3.05) is 5.32 Å². The zero-order valence-electron chi connectivity index (χ0n) is 14.2. The summed E-state index contributed by atoms with van der Waals surface area (Å²) in [6.45, 7) is 0. The van der Waals surface area contributed by atoms with Crippen LogP contribution in [-0.4, -0.2) is 17.0 Å².